The summed E-state index contributed by atoms with van der Waals surface area (Å²) in [6.07, 6.45) is 3.79. The minimum atomic E-state index is -0.512. The average Bonchev–Trinajstić information content (AvgIpc) is 3.35. The van der Waals surface area contributed by atoms with E-state index in [1.807, 2.05) is 18.2 Å². The lowest BCUT2D eigenvalue weighted by atomic mass is 9.74. The van der Waals surface area contributed by atoms with Gasteiger partial charge in [-0.05, 0) is 42.7 Å². The van der Waals surface area contributed by atoms with E-state index in [0.29, 0.717) is 23.9 Å². The molecular formula is C20H18ClN3O3. The summed E-state index contributed by atoms with van der Waals surface area (Å²) in [5.41, 5.74) is 7.54. The molecule has 6 nitrogen and oxygen atoms in total. The van der Waals surface area contributed by atoms with Crippen molar-refractivity contribution < 1.29 is 14.3 Å². The maximum absolute atomic E-state index is 12.6. The second kappa shape index (κ2) is 5.70. The molecule has 1 aromatic carbocycles. The van der Waals surface area contributed by atoms with Gasteiger partial charge in [-0.25, -0.2) is 4.99 Å². The number of rotatable bonds is 3. The lowest BCUT2D eigenvalue weighted by molar-refractivity contribution is 0.0869. The Labute approximate surface area is 161 Å². The van der Waals surface area contributed by atoms with Crippen LogP contribution in [0.2, 0.25) is 5.02 Å². The number of carbonyl (C=O) groups excluding carboxylic acids is 1. The Bertz CT molecular complexity index is 969. The quantitative estimate of drug-likeness (QED) is 0.823. The molecule has 5 rings (SSSR count). The highest BCUT2D eigenvalue weighted by molar-refractivity contribution is 6.30. The van der Waals surface area contributed by atoms with Gasteiger partial charge in [0.2, 0.25) is 0 Å². The van der Waals surface area contributed by atoms with E-state index < -0.39 is 5.54 Å². The molecule has 27 heavy (non-hydrogen) atoms. The molecule has 2 aliphatic heterocycles. The number of nitrogens with zero attached hydrogens (tertiary/aromatic N) is 2. The van der Waals surface area contributed by atoms with E-state index in [2.05, 4.69) is 4.98 Å². The average molecular weight is 384 g/mol. The molecule has 2 aromatic rings. The number of carbonyl (C=O) groups is 1. The number of fused-ring (bicyclic) bond motifs is 3. The van der Waals surface area contributed by atoms with Crippen LogP contribution in [0.25, 0.3) is 0 Å². The number of hydrogen-bond acceptors (Lipinski definition) is 6. The number of nitrogens with two attached hydrogens (primary N) is 1. The Morgan fingerprint density at radius 3 is 2.70 bits per heavy atom. The molecule has 0 amide bonds. The second-order valence-electron chi connectivity index (χ2n) is 7.46. The number of ether oxygens (including phenoxy) is 2. The van der Waals surface area contributed by atoms with E-state index >= 15 is 0 Å². The summed E-state index contributed by atoms with van der Waals surface area (Å²) in [7, 11) is 0. The van der Waals surface area contributed by atoms with E-state index in [4.69, 9.17) is 31.8 Å². The van der Waals surface area contributed by atoms with Crippen molar-refractivity contribution in [1.82, 2.24) is 4.98 Å². The van der Waals surface area contributed by atoms with Crippen molar-refractivity contribution >= 4 is 23.4 Å². The van der Waals surface area contributed by atoms with Crippen LogP contribution in [0.1, 0.15) is 34.5 Å². The number of amidine groups is 1. The number of aromatic nitrogens is 1. The first kappa shape index (κ1) is 16.6. The van der Waals surface area contributed by atoms with Crippen LogP contribution >= 0.6 is 11.6 Å². The molecule has 7 heteroatoms. The van der Waals surface area contributed by atoms with Crippen LogP contribution in [-0.4, -0.2) is 30.0 Å². The van der Waals surface area contributed by atoms with Crippen LogP contribution in [0.5, 0.6) is 5.75 Å². The highest BCUT2D eigenvalue weighted by atomic mass is 35.5. The smallest absolute Gasteiger partial charge is 0.283 e. The Balaban J connectivity index is 1.50. The molecule has 3 aliphatic rings. The zero-order valence-corrected chi connectivity index (χ0v) is 15.3. The van der Waals surface area contributed by atoms with Gasteiger partial charge in [0.25, 0.3) is 6.02 Å². The summed E-state index contributed by atoms with van der Waals surface area (Å²) >= 11 is 5.85. The molecule has 3 heterocycles. The maximum Gasteiger partial charge on any atom is 0.283 e. The fraction of sp³-hybridized carbons (Fsp3) is 0.350. The summed E-state index contributed by atoms with van der Waals surface area (Å²) in [5, 5.41) is 0.505. The van der Waals surface area contributed by atoms with E-state index in [0.717, 1.165) is 29.7 Å². The molecule has 138 valence electrons. The van der Waals surface area contributed by atoms with Gasteiger partial charge in [0.15, 0.2) is 5.78 Å². The molecule has 0 bridgehead atoms. The topological polar surface area (TPSA) is 86.8 Å². The van der Waals surface area contributed by atoms with Gasteiger partial charge in [0.05, 0.1) is 11.6 Å². The first-order valence-corrected chi connectivity index (χ1v) is 9.28. The Kier molecular flexibility index (Phi) is 3.49. The fourth-order valence-corrected chi connectivity index (χ4v) is 4.24. The van der Waals surface area contributed by atoms with Crippen LogP contribution < -0.4 is 10.5 Å². The molecule has 1 aromatic heterocycles. The number of ketones is 1. The van der Waals surface area contributed by atoms with Gasteiger partial charge < -0.3 is 15.2 Å². The molecule has 1 atom stereocenters. The van der Waals surface area contributed by atoms with Crippen molar-refractivity contribution in [3.8, 4) is 5.75 Å². The Hall–Kier alpha value is -2.60. The lowest BCUT2D eigenvalue weighted by Crippen LogP contribution is -2.44. The zero-order valence-electron chi connectivity index (χ0n) is 14.6. The maximum atomic E-state index is 12.6. The van der Waals surface area contributed by atoms with Gasteiger partial charge in [-0.3, -0.25) is 9.78 Å². The third kappa shape index (κ3) is 2.51. The number of aliphatic imine (C=N–C) groups is 1. The SMILES string of the molecule is NC1=NC2(CO1)c1cc(CC(=O)c3ccc(Cl)cn3)ccc1OCC21CC1. The van der Waals surface area contributed by atoms with Crippen LogP contribution in [-0.2, 0) is 16.7 Å². The number of pyridine rings is 1. The number of Topliss-reactive ketones (excluding diaryl/α,β-unsaturated/α-hetero) is 1. The van der Waals surface area contributed by atoms with Gasteiger partial charge in [-0.1, -0.05) is 17.7 Å². The van der Waals surface area contributed by atoms with Crippen molar-refractivity contribution in [2.45, 2.75) is 24.8 Å². The van der Waals surface area contributed by atoms with Crippen LogP contribution in [0.4, 0.5) is 0 Å². The molecule has 1 aliphatic carbocycles. The standard InChI is InChI=1S/C20H18ClN3O3/c21-13-2-3-15(23-9-13)16(25)8-12-1-4-17-14(7-12)20(11-27-18(22)24-20)19(5-6-19)10-26-17/h1-4,7,9H,5-6,8,10-11H2,(H2,22,24). The van der Waals surface area contributed by atoms with E-state index in [-0.39, 0.29) is 23.6 Å². The van der Waals surface area contributed by atoms with Crippen molar-refractivity contribution in [1.29, 1.82) is 0 Å². The molecule has 1 unspecified atom stereocenters. The molecular weight excluding hydrogens is 366 g/mol. The molecule has 1 fully saturated rings. The predicted octanol–water partition coefficient (Wildman–Crippen LogP) is 2.87. The minimum Gasteiger partial charge on any atom is -0.493 e. The van der Waals surface area contributed by atoms with Crippen molar-refractivity contribution in [3.63, 3.8) is 0 Å². The highest BCUT2D eigenvalue weighted by Crippen LogP contribution is 2.65. The number of hydrogen-bond donors (Lipinski definition) is 1. The van der Waals surface area contributed by atoms with E-state index in [9.17, 15) is 4.79 Å². The van der Waals surface area contributed by atoms with Crippen LogP contribution in [0, 0.1) is 5.41 Å². The summed E-state index contributed by atoms with van der Waals surface area (Å²) in [6.45, 7) is 1.04. The number of benzene rings is 1. The second-order valence-corrected chi connectivity index (χ2v) is 7.90. The van der Waals surface area contributed by atoms with Crippen molar-refractivity contribution in [3.05, 3.63) is 58.4 Å². The normalized spacial score (nSPS) is 24.1. The largest absolute Gasteiger partial charge is 0.493 e. The Morgan fingerprint density at radius 1 is 1.19 bits per heavy atom. The number of halogens is 1. The molecule has 2 spiro atoms. The third-order valence-electron chi connectivity index (χ3n) is 5.83. The van der Waals surface area contributed by atoms with E-state index in [1.165, 1.54) is 6.20 Å². The fourth-order valence-electron chi connectivity index (χ4n) is 4.12. The Morgan fingerprint density at radius 2 is 2.04 bits per heavy atom. The lowest BCUT2D eigenvalue weighted by Gasteiger charge is -2.39. The summed E-state index contributed by atoms with van der Waals surface area (Å²) < 4.78 is 11.6. The van der Waals surface area contributed by atoms with Gasteiger partial charge in [-0.2, -0.15) is 0 Å². The van der Waals surface area contributed by atoms with Crippen LogP contribution in [0.3, 0.4) is 0 Å². The van der Waals surface area contributed by atoms with Crippen molar-refractivity contribution in [2.24, 2.45) is 16.1 Å². The van der Waals surface area contributed by atoms with Gasteiger partial charge in [-0.15, -0.1) is 0 Å². The molecule has 0 saturated heterocycles. The zero-order chi connectivity index (χ0) is 18.6. The van der Waals surface area contributed by atoms with E-state index in [1.54, 1.807) is 12.1 Å². The first-order valence-electron chi connectivity index (χ1n) is 8.91. The predicted molar refractivity (Wildman–Crippen MR) is 100 cm³/mol. The van der Waals surface area contributed by atoms with Gasteiger partial charge in [0.1, 0.15) is 23.6 Å². The summed E-state index contributed by atoms with van der Waals surface area (Å²) in [6, 6.07) is 9.36. The highest BCUT2D eigenvalue weighted by Gasteiger charge is 2.66. The first-order chi connectivity index (χ1) is 13.0. The molecule has 0 radical (unpaired) electrons. The third-order valence-corrected chi connectivity index (χ3v) is 6.06. The molecule has 2 N–H and O–H groups in total. The molecule has 1 saturated carbocycles. The van der Waals surface area contributed by atoms with Crippen molar-refractivity contribution in [2.75, 3.05) is 13.2 Å². The van der Waals surface area contributed by atoms with Crippen LogP contribution in [0.15, 0.2) is 41.5 Å². The van der Waals surface area contributed by atoms with Gasteiger partial charge >= 0.3 is 0 Å². The summed E-state index contributed by atoms with van der Waals surface area (Å²) in [5.74, 6) is 0.722. The summed E-state index contributed by atoms with van der Waals surface area (Å²) in [4.78, 5) is 21.4. The minimum absolute atomic E-state index is 0.0541. The monoisotopic (exact) mass is 383 g/mol. The van der Waals surface area contributed by atoms with Gasteiger partial charge in [0, 0.05) is 23.6 Å².